The van der Waals surface area contributed by atoms with Crippen LogP contribution in [0.2, 0.25) is 0 Å². The predicted octanol–water partition coefficient (Wildman–Crippen LogP) is 5.70. The molecule has 7 nitrogen and oxygen atoms in total. The molecule has 1 aliphatic rings. The van der Waals surface area contributed by atoms with E-state index in [1.165, 1.54) is 11.2 Å². The van der Waals surface area contributed by atoms with Crippen LogP contribution in [0.1, 0.15) is 22.9 Å². The zero-order valence-corrected chi connectivity index (χ0v) is 19.5. The van der Waals surface area contributed by atoms with Crippen LogP contribution in [0, 0.1) is 0 Å². The van der Waals surface area contributed by atoms with Crippen molar-refractivity contribution in [3.8, 4) is 17.2 Å². The van der Waals surface area contributed by atoms with Crippen LogP contribution < -0.4 is 9.47 Å². The van der Waals surface area contributed by atoms with Gasteiger partial charge in [-0.2, -0.15) is 0 Å². The number of benzene rings is 3. The molecular formula is C29H23NO6. The minimum absolute atomic E-state index is 0.00594. The lowest BCUT2D eigenvalue weighted by molar-refractivity contribution is -0.140. The Morgan fingerprint density at radius 2 is 1.64 bits per heavy atom. The summed E-state index contributed by atoms with van der Waals surface area (Å²) in [5, 5.41) is 11.2. The normalized spacial score (nSPS) is 16.8. The third kappa shape index (κ3) is 4.46. The van der Waals surface area contributed by atoms with Gasteiger partial charge in [-0.3, -0.25) is 9.59 Å². The van der Waals surface area contributed by atoms with Gasteiger partial charge in [0.15, 0.2) is 0 Å². The molecule has 4 aromatic rings. The SMILES string of the molecule is COc1ccc(/C(O)=C2\C(=O)C(=O)N(Cc3ccco3)C2c2cccc(Oc3ccccc3)c2)cc1. The molecule has 1 amide bonds. The molecule has 1 saturated heterocycles. The largest absolute Gasteiger partial charge is 0.507 e. The van der Waals surface area contributed by atoms with E-state index in [9.17, 15) is 14.7 Å². The summed E-state index contributed by atoms with van der Waals surface area (Å²) < 4.78 is 16.6. The minimum Gasteiger partial charge on any atom is -0.507 e. The third-order valence-corrected chi connectivity index (χ3v) is 5.96. The van der Waals surface area contributed by atoms with E-state index >= 15 is 0 Å². The number of nitrogens with zero attached hydrogens (tertiary/aromatic N) is 1. The molecular weight excluding hydrogens is 458 g/mol. The summed E-state index contributed by atoms with van der Waals surface area (Å²) in [6.45, 7) is 0.0609. The number of carbonyl (C=O) groups is 2. The average molecular weight is 482 g/mol. The van der Waals surface area contributed by atoms with Crippen molar-refractivity contribution in [3.05, 3.63) is 120 Å². The van der Waals surface area contributed by atoms with Gasteiger partial charge in [-0.15, -0.1) is 0 Å². The highest BCUT2D eigenvalue weighted by atomic mass is 16.5. The van der Waals surface area contributed by atoms with E-state index in [4.69, 9.17) is 13.9 Å². The standard InChI is InChI=1S/C29H23NO6/c1-34-21-14-12-19(13-15-21)27(31)25-26(30(29(33)28(25)32)18-24-11-6-16-35-24)20-7-5-10-23(17-20)36-22-8-3-2-4-9-22/h2-17,26,31H,18H2,1H3/b27-25+. The van der Waals surface area contributed by atoms with Crippen LogP contribution >= 0.6 is 0 Å². The van der Waals surface area contributed by atoms with Crippen molar-refractivity contribution in [2.45, 2.75) is 12.6 Å². The topological polar surface area (TPSA) is 89.2 Å². The zero-order valence-electron chi connectivity index (χ0n) is 19.5. The number of aliphatic hydroxyl groups is 1. The van der Waals surface area contributed by atoms with Gasteiger partial charge in [-0.05, 0) is 66.2 Å². The van der Waals surface area contributed by atoms with Gasteiger partial charge in [-0.25, -0.2) is 0 Å². The Hall–Kier alpha value is -4.78. The molecule has 0 radical (unpaired) electrons. The Morgan fingerprint density at radius 3 is 2.33 bits per heavy atom. The summed E-state index contributed by atoms with van der Waals surface area (Å²) in [6, 6.07) is 25.7. The van der Waals surface area contributed by atoms with Gasteiger partial charge < -0.3 is 23.9 Å². The highest BCUT2D eigenvalue weighted by Gasteiger charge is 2.46. The molecule has 0 aliphatic carbocycles. The first kappa shape index (κ1) is 23.0. The van der Waals surface area contributed by atoms with Crippen LogP contribution in [0.15, 0.2) is 107 Å². The molecule has 1 aliphatic heterocycles. The molecule has 1 unspecified atom stereocenters. The second-order valence-corrected chi connectivity index (χ2v) is 8.22. The molecule has 3 aromatic carbocycles. The Bertz CT molecular complexity index is 1410. The van der Waals surface area contributed by atoms with E-state index in [1.54, 1.807) is 67.8 Å². The molecule has 36 heavy (non-hydrogen) atoms. The van der Waals surface area contributed by atoms with Crippen molar-refractivity contribution in [1.82, 2.24) is 4.90 Å². The van der Waals surface area contributed by atoms with Gasteiger partial charge in [0, 0.05) is 5.56 Å². The number of hydrogen-bond acceptors (Lipinski definition) is 6. The maximum atomic E-state index is 13.2. The quantitative estimate of drug-likeness (QED) is 0.207. The molecule has 5 rings (SSSR count). The second kappa shape index (κ2) is 9.84. The number of likely N-dealkylation sites (tertiary alicyclic amines) is 1. The Labute approximate surface area is 207 Å². The van der Waals surface area contributed by atoms with Crippen molar-refractivity contribution in [1.29, 1.82) is 0 Å². The van der Waals surface area contributed by atoms with Gasteiger partial charge >= 0.3 is 0 Å². The lowest BCUT2D eigenvalue weighted by Crippen LogP contribution is -2.29. The first-order chi connectivity index (χ1) is 17.5. The van der Waals surface area contributed by atoms with Crippen molar-refractivity contribution in [3.63, 3.8) is 0 Å². The second-order valence-electron chi connectivity index (χ2n) is 8.22. The van der Waals surface area contributed by atoms with Crippen molar-refractivity contribution < 1.29 is 28.6 Å². The van der Waals surface area contributed by atoms with E-state index < -0.39 is 17.7 Å². The fourth-order valence-corrected chi connectivity index (χ4v) is 4.24. The van der Waals surface area contributed by atoms with Crippen LogP contribution in [0.25, 0.3) is 5.76 Å². The lowest BCUT2D eigenvalue weighted by Gasteiger charge is -2.25. The van der Waals surface area contributed by atoms with E-state index in [2.05, 4.69) is 0 Å². The third-order valence-electron chi connectivity index (χ3n) is 5.96. The van der Waals surface area contributed by atoms with Gasteiger partial charge in [0.2, 0.25) is 0 Å². The molecule has 0 spiro atoms. The molecule has 0 saturated carbocycles. The van der Waals surface area contributed by atoms with E-state index in [1.807, 2.05) is 30.3 Å². The molecule has 1 aromatic heterocycles. The smallest absolute Gasteiger partial charge is 0.296 e. The summed E-state index contributed by atoms with van der Waals surface area (Å²) in [7, 11) is 1.54. The fraction of sp³-hybridized carbons (Fsp3) is 0.103. The predicted molar refractivity (Wildman–Crippen MR) is 133 cm³/mol. The summed E-state index contributed by atoms with van der Waals surface area (Å²) in [6.07, 6.45) is 1.51. The maximum absolute atomic E-state index is 13.2. The molecule has 2 heterocycles. The van der Waals surface area contributed by atoms with E-state index in [-0.39, 0.29) is 17.9 Å². The van der Waals surface area contributed by atoms with Crippen molar-refractivity contribution in [2.75, 3.05) is 7.11 Å². The maximum Gasteiger partial charge on any atom is 0.296 e. The number of rotatable bonds is 7. The molecule has 1 N–H and O–H groups in total. The van der Waals surface area contributed by atoms with Gasteiger partial charge in [-0.1, -0.05) is 30.3 Å². The first-order valence-corrected chi connectivity index (χ1v) is 11.3. The summed E-state index contributed by atoms with van der Waals surface area (Å²) in [4.78, 5) is 27.8. The number of para-hydroxylation sites is 1. The van der Waals surface area contributed by atoms with E-state index in [0.29, 0.717) is 34.1 Å². The Balaban J connectivity index is 1.60. The van der Waals surface area contributed by atoms with Crippen LogP contribution in [0.5, 0.6) is 17.2 Å². The number of carbonyl (C=O) groups excluding carboxylic acids is 2. The van der Waals surface area contributed by atoms with Crippen LogP contribution in [-0.2, 0) is 16.1 Å². The first-order valence-electron chi connectivity index (χ1n) is 11.3. The number of ether oxygens (including phenoxy) is 2. The number of methoxy groups -OCH3 is 1. The van der Waals surface area contributed by atoms with Crippen molar-refractivity contribution >= 4 is 17.4 Å². The molecule has 180 valence electrons. The highest BCUT2D eigenvalue weighted by Crippen LogP contribution is 2.41. The van der Waals surface area contributed by atoms with Crippen molar-refractivity contribution in [2.24, 2.45) is 0 Å². The fourth-order valence-electron chi connectivity index (χ4n) is 4.24. The number of amides is 1. The molecule has 0 bridgehead atoms. The summed E-state index contributed by atoms with van der Waals surface area (Å²) in [5.41, 5.74) is 1.01. The summed E-state index contributed by atoms with van der Waals surface area (Å²) in [5.74, 6) is 0.548. The monoisotopic (exact) mass is 481 g/mol. The van der Waals surface area contributed by atoms with Gasteiger partial charge in [0.1, 0.15) is 28.8 Å². The minimum atomic E-state index is -0.850. The van der Waals surface area contributed by atoms with Gasteiger partial charge in [0.05, 0.1) is 31.5 Å². The lowest BCUT2D eigenvalue weighted by atomic mass is 9.95. The molecule has 1 atom stereocenters. The Morgan fingerprint density at radius 1 is 0.889 bits per heavy atom. The van der Waals surface area contributed by atoms with Crippen LogP contribution in [-0.4, -0.2) is 28.8 Å². The van der Waals surface area contributed by atoms with Gasteiger partial charge in [0.25, 0.3) is 11.7 Å². The molecule has 1 fully saturated rings. The number of hydrogen-bond donors (Lipinski definition) is 1. The highest BCUT2D eigenvalue weighted by molar-refractivity contribution is 6.46. The van der Waals surface area contributed by atoms with Crippen LogP contribution in [0.4, 0.5) is 0 Å². The zero-order chi connectivity index (χ0) is 25.1. The number of ketones is 1. The number of aliphatic hydroxyl groups excluding tert-OH is 1. The van der Waals surface area contributed by atoms with Crippen LogP contribution in [0.3, 0.4) is 0 Å². The number of furan rings is 1. The number of Topliss-reactive ketones (excluding diaryl/α,β-unsaturated/α-hetero) is 1. The summed E-state index contributed by atoms with van der Waals surface area (Å²) >= 11 is 0. The molecule has 7 heteroatoms. The van der Waals surface area contributed by atoms with E-state index in [0.717, 1.165) is 0 Å². The Kier molecular flexibility index (Phi) is 6.28. The average Bonchev–Trinajstić information content (AvgIpc) is 3.51.